The molecular weight excluding hydrogens is 176 g/mol. The number of aliphatic hydroxyl groups excluding tert-OH is 1. The Morgan fingerprint density at radius 1 is 1.50 bits per heavy atom. The van der Waals surface area contributed by atoms with Crippen molar-refractivity contribution in [1.82, 2.24) is 0 Å². The first-order valence-corrected chi connectivity index (χ1v) is 5.15. The summed E-state index contributed by atoms with van der Waals surface area (Å²) >= 11 is 0. The van der Waals surface area contributed by atoms with Gasteiger partial charge < -0.3 is 9.84 Å². The zero-order valence-electron chi connectivity index (χ0n) is 8.49. The van der Waals surface area contributed by atoms with E-state index in [0.717, 1.165) is 25.2 Å². The molecule has 0 radical (unpaired) electrons. The zero-order chi connectivity index (χ0) is 9.97. The lowest BCUT2D eigenvalue weighted by atomic mass is 9.99. The van der Waals surface area contributed by atoms with Crippen molar-refractivity contribution in [2.24, 2.45) is 5.92 Å². The van der Waals surface area contributed by atoms with E-state index in [1.165, 1.54) is 11.1 Å². The highest BCUT2D eigenvalue weighted by Crippen LogP contribution is 2.30. The molecule has 14 heavy (non-hydrogen) atoms. The number of hydrogen-bond donors (Lipinski definition) is 1. The van der Waals surface area contributed by atoms with Crippen LogP contribution in [0.1, 0.15) is 18.1 Å². The Bertz CT molecular complexity index is 320. The molecule has 0 aliphatic carbocycles. The van der Waals surface area contributed by atoms with Crippen LogP contribution in [0.5, 0.6) is 5.75 Å². The standard InChI is InChI=1S/C12H16O2/c1-9(8-13)7-11-4-2-3-10-5-6-14-12(10)11/h2-4,9,13H,5-8H2,1H3. The molecule has 1 aromatic carbocycles. The number of ether oxygens (including phenoxy) is 1. The van der Waals surface area contributed by atoms with Crippen LogP contribution in [0.25, 0.3) is 0 Å². The van der Waals surface area contributed by atoms with E-state index < -0.39 is 0 Å². The third-order valence-corrected chi connectivity index (χ3v) is 2.68. The van der Waals surface area contributed by atoms with Gasteiger partial charge in [0.1, 0.15) is 5.75 Å². The molecule has 0 saturated carbocycles. The van der Waals surface area contributed by atoms with Gasteiger partial charge in [0.15, 0.2) is 0 Å². The summed E-state index contributed by atoms with van der Waals surface area (Å²) in [4.78, 5) is 0. The van der Waals surface area contributed by atoms with Crippen LogP contribution in [0.3, 0.4) is 0 Å². The summed E-state index contributed by atoms with van der Waals surface area (Å²) in [5.41, 5.74) is 2.55. The molecule has 2 nitrogen and oxygen atoms in total. The Kier molecular flexibility index (Phi) is 2.73. The lowest BCUT2D eigenvalue weighted by Gasteiger charge is -2.11. The van der Waals surface area contributed by atoms with Gasteiger partial charge in [-0.05, 0) is 23.5 Å². The van der Waals surface area contributed by atoms with Crippen molar-refractivity contribution >= 4 is 0 Å². The van der Waals surface area contributed by atoms with Crippen molar-refractivity contribution in [2.75, 3.05) is 13.2 Å². The maximum atomic E-state index is 9.00. The maximum absolute atomic E-state index is 9.00. The molecule has 1 heterocycles. The largest absolute Gasteiger partial charge is 0.493 e. The number of fused-ring (bicyclic) bond motifs is 1. The Hall–Kier alpha value is -1.02. The number of para-hydroxylation sites is 1. The third-order valence-electron chi connectivity index (χ3n) is 2.68. The van der Waals surface area contributed by atoms with Crippen molar-refractivity contribution in [3.63, 3.8) is 0 Å². The second-order valence-corrected chi connectivity index (χ2v) is 4.00. The van der Waals surface area contributed by atoms with E-state index in [2.05, 4.69) is 18.2 Å². The van der Waals surface area contributed by atoms with E-state index in [1.54, 1.807) is 0 Å². The van der Waals surface area contributed by atoms with Gasteiger partial charge in [-0.3, -0.25) is 0 Å². The molecule has 1 aliphatic rings. The van der Waals surface area contributed by atoms with Gasteiger partial charge >= 0.3 is 0 Å². The summed E-state index contributed by atoms with van der Waals surface area (Å²) in [6, 6.07) is 6.29. The van der Waals surface area contributed by atoms with Crippen molar-refractivity contribution in [1.29, 1.82) is 0 Å². The van der Waals surface area contributed by atoms with Crippen LogP contribution in [0, 0.1) is 5.92 Å². The number of benzene rings is 1. The summed E-state index contributed by atoms with van der Waals surface area (Å²) in [5.74, 6) is 1.37. The van der Waals surface area contributed by atoms with Crippen LogP contribution < -0.4 is 4.74 Å². The summed E-state index contributed by atoms with van der Waals surface area (Å²) in [6.45, 7) is 3.10. The molecule has 2 rings (SSSR count). The predicted molar refractivity (Wildman–Crippen MR) is 55.6 cm³/mol. The summed E-state index contributed by atoms with van der Waals surface area (Å²) in [6.07, 6.45) is 1.93. The molecule has 1 aromatic rings. The Labute approximate surface area is 84.5 Å². The number of hydrogen-bond acceptors (Lipinski definition) is 2. The maximum Gasteiger partial charge on any atom is 0.125 e. The molecule has 2 heteroatoms. The van der Waals surface area contributed by atoms with Gasteiger partial charge in [0, 0.05) is 13.0 Å². The zero-order valence-corrected chi connectivity index (χ0v) is 8.49. The second kappa shape index (κ2) is 4.01. The number of rotatable bonds is 3. The molecule has 0 aromatic heterocycles. The van der Waals surface area contributed by atoms with Crippen molar-refractivity contribution in [2.45, 2.75) is 19.8 Å². The van der Waals surface area contributed by atoms with Gasteiger partial charge in [0.25, 0.3) is 0 Å². The monoisotopic (exact) mass is 192 g/mol. The Morgan fingerprint density at radius 2 is 2.36 bits per heavy atom. The predicted octanol–water partition coefficient (Wildman–Crippen LogP) is 1.79. The first kappa shape index (κ1) is 9.53. The van der Waals surface area contributed by atoms with Gasteiger partial charge in [0.2, 0.25) is 0 Å². The molecule has 1 atom stereocenters. The number of aliphatic hydroxyl groups is 1. The van der Waals surface area contributed by atoms with E-state index in [4.69, 9.17) is 9.84 Å². The highest BCUT2D eigenvalue weighted by Gasteiger charge is 2.16. The van der Waals surface area contributed by atoms with Crippen molar-refractivity contribution in [3.05, 3.63) is 29.3 Å². The van der Waals surface area contributed by atoms with Gasteiger partial charge in [0.05, 0.1) is 6.61 Å². The molecular formula is C12H16O2. The smallest absolute Gasteiger partial charge is 0.125 e. The third kappa shape index (κ3) is 1.75. The van der Waals surface area contributed by atoms with E-state index in [9.17, 15) is 0 Å². The molecule has 0 spiro atoms. The minimum Gasteiger partial charge on any atom is -0.493 e. The Morgan fingerprint density at radius 3 is 3.14 bits per heavy atom. The second-order valence-electron chi connectivity index (χ2n) is 4.00. The highest BCUT2D eigenvalue weighted by molar-refractivity contribution is 5.44. The normalized spacial score (nSPS) is 16.1. The minimum atomic E-state index is 0.240. The van der Waals surface area contributed by atoms with Gasteiger partial charge in [-0.2, -0.15) is 0 Å². The van der Waals surface area contributed by atoms with Gasteiger partial charge in [-0.1, -0.05) is 25.1 Å². The molecule has 1 unspecified atom stereocenters. The summed E-state index contributed by atoms with van der Waals surface area (Å²) < 4.78 is 5.59. The average Bonchev–Trinajstić information content (AvgIpc) is 2.66. The minimum absolute atomic E-state index is 0.240. The molecule has 0 fully saturated rings. The lowest BCUT2D eigenvalue weighted by molar-refractivity contribution is 0.236. The molecule has 0 amide bonds. The van der Waals surface area contributed by atoms with Crippen LogP contribution in [0.4, 0.5) is 0 Å². The van der Waals surface area contributed by atoms with Crippen LogP contribution in [0.2, 0.25) is 0 Å². The van der Waals surface area contributed by atoms with Crippen LogP contribution >= 0.6 is 0 Å². The van der Waals surface area contributed by atoms with E-state index >= 15 is 0 Å². The van der Waals surface area contributed by atoms with Crippen LogP contribution in [-0.2, 0) is 12.8 Å². The first-order chi connectivity index (χ1) is 6.81. The SMILES string of the molecule is CC(CO)Cc1cccc2c1OCC2. The summed E-state index contributed by atoms with van der Waals surface area (Å²) in [7, 11) is 0. The molecule has 1 aliphatic heterocycles. The van der Waals surface area contributed by atoms with E-state index in [-0.39, 0.29) is 6.61 Å². The lowest BCUT2D eigenvalue weighted by Crippen LogP contribution is -2.05. The molecule has 0 bridgehead atoms. The fraction of sp³-hybridized carbons (Fsp3) is 0.500. The molecule has 0 saturated heterocycles. The molecule has 76 valence electrons. The fourth-order valence-corrected chi connectivity index (χ4v) is 1.88. The summed E-state index contributed by atoms with van der Waals surface area (Å²) in [5, 5.41) is 9.00. The van der Waals surface area contributed by atoms with Gasteiger partial charge in [-0.15, -0.1) is 0 Å². The molecule has 1 N–H and O–H groups in total. The topological polar surface area (TPSA) is 29.5 Å². The van der Waals surface area contributed by atoms with Crippen molar-refractivity contribution < 1.29 is 9.84 Å². The quantitative estimate of drug-likeness (QED) is 0.791. The fourth-order valence-electron chi connectivity index (χ4n) is 1.88. The van der Waals surface area contributed by atoms with Crippen molar-refractivity contribution in [3.8, 4) is 5.75 Å². The van der Waals surface area contributed by atoms with E-state index in [1.807, 2.05) is 6.92 Å². The highest BCUT2D eigenvalue weighted by atomic mass is 16.5. The first-order valence-electron chi connectivity index (χ1n) is 5.15. The average molecular weight is 192 g/mol. The van der Waals surface area contributed by atoms with E-state index in [0.29, 0.717) is 5.92 Å². The van der Waals surface area contributed by atoms with Crippen LogP contribution in [-0.4, -0.2) is 18.3 Å². The van der Waals surface area contributed by atoms with Gasteiger partial charge in [-0.25, -0.2) is 0 Å². The Balaban J connectivity index is 2.22. The van der Waals surface area contributed by atoms with Crippen LogP contribution in [0.15, 0.2) is 18.2 Å².